The first kappa shape index (κ1) is 19.9. The molecule has 134 valence electrons. The fourth-order valence-electron chi connectivity index (χ4n) is 1.82. The minimum atomic E-state index is -0.980. The van der Waals surface area contributed by atoms with E-state index in [1.165, 1.54) is 43.3 Å². The number of carbonyl (C=O) groups is 4. The quantitative estimate of drug-likeness (QED) is 0.405. The van der Waals surface area contributed by atoms with Crippen LogP contribution in [0.25, 0.3) is 0 Å². The van der Waals surface area contributed by atoms with Crippen LogP contribution in [0.4, 0.5) is 0 Å². The first-order valence-electron chi connectivity index (χ1n) is 7.55. The fourth-order valence-corrected chi connectivity index (χ4v) is 1.82. The van der Waals surface area contributed by atoms with Crippen molar-refractivity contribution in [2.45, 2.75) is 26.3 Å². The SMILES string of the molecule is CCOC(=O)/C=C/C[C@@H](NC(=O)c1ccc(OC(C)=O)cc1)C(N)=O. The van der Waals surface area contributed by atoms with Crippen LogP contribution in [-0.2, 0) is 19.1 Å². The standard InChI is InChI=1S/C17H20N2O6/c1-3-24-15(21)6-4-5-14(16(18)22)19-17(23)12-7-9-13(10-8-12)25-11(2)20/h4,6-10,14H,3,5H2,1-2H3,(H2,18,22)(H,19,23)/b6-4+/t14-/m1/s1. The van der Waals surface area contributed by atoms with Gasteiger partial charge in [-0.15, -0.1) is 0 Å². The lowest BCUT2D eigenvalue weighted by molar-refractivity contribution is -0.137. The molecule has 1 aromatic carbocycles. The molecule has 0 aliphatic carbocycles. The monoisotopic (exact) mass is 348 g/mol. The van der Waals surface area contributed by atoms with Crippen LogP contribution in [0.15, 0.2) is 36.4 Å². The van der Waals surface area contributed by atoms with Gasteiger partial charge in [-0.05, 0) is 37.6 Å². The van der Waals surface area contributed by atoms with E-state index in [1.807, 2.05) is 0 Å². The molecular weight excluding hydrogens is 328 g/mol. The highest BCUT2D eigenvalue weighted by molar-refractivity contribution is 5.97. The summed E-state index contributed by atoms with van der Waals surface area (Å²) in [6.45, 7) is 3.18. The summed E-state index contributed by atoms with van der Waals surface area (Å²) in [5.74, 6) is -1.98. The molecule has 0 spiro atoms. The van der Waals surface area contributed by atoms with Crippen molar-refractivity contribution in [3.8, 4) is 5.75 Å². The molecule has 3 N–H and O–H groups in total. The summed E-state index contributed by atoms with van der Waals surface area (Å²) in [5, 5.41) is 2.47. The summed E-state index contributed by atoms with van der Waals surface area (Å²) in [5.41, 5.74) is 5.52. The van der Waals surface area contributed by atoms with Crippen molar-refractivity contribution in [1.29, 1.82) is 0 Å². The number of ether oxygens (including phenoxy) is 2. The molecule has 1 rings (SSSR count). The van der Waals surface area contributed by atoms with Crippen molar-refractivity contribution >= 4 is 23.8 Å². The Morgan fingerprint density at radius 3 is 2.36 bits per heavy atom. The summed E-state index contributed by atoms with van der Waals surface area (Å²) in [4.78, 5) is 45.6. The molecule has 0 aromatic heterocycles. The number of hydrogen-bond donors (Lipinski definition) is 2. The van der Waals surface area contributed by atoms with Gasteiger partial charge in [-0.2, -0.15) is 0 Å². The zero-order valence-electron chi connectivity index (χ0n) is 14.0. The van der Waals surface area contributed by atoms with Crippen LogP contribution >= 0.6 is 0 Å². The first-order valence-corrected chi connectivity index (χ1v) is 7.55. The number of rotatable bonds is 8. The number of carbonyl (C=O) groups excluding carboxylic acids is 4. The lowest BCUT2D eigenvalue weighted by Gasteiger charge is -2.13. The van der Waals surface area contributed by atoms with Gasteiger partial charge in [-0.25, -0.2) is 4.79 Å². The summed E-state index contributed by atoms with van der Waals surface area (Å²) in [6.07, 6.45) is 2.61. The van der Waals surface area contributed by atoms with Crippen molar-refractivity contribution in [2.24, 2.45) is 5.73 Å². The fraction of sp³-hybridized carbons (Fsp3) is 0.294. The molecule has 0 bridgehead atoms. The Bertz CT molecular complexity index is 666. The van der Waals surface area contributed by atoms with Crippen molar-refractivity contribution in [3.63, 3.8) is 0 Å². The van der Waals surface area contributed by atoms with E-state index in [9.17, 15) is 19.2 Å². The lowest BCUT2D eigenvalue weighted by Crippen LogP contribution is -2.44. The van der Waals surface area contributed by atoms with Gasteiger partial charge in [-0.1, -0.05) is 6.08 Å². The Kier molecular flexibility index (Phi) is 7.85. The number of amides is 2. The van der Waals surface area contributed by atoms with E-state index in [-0.39, 0.29) is 18.6 Å². The average Bonchev–Trinajstić information content (AvgIpc) is 2.54. The van der Waals surface area contributed by atoms with Crippen molar-refractivity contribution < 1.29 is 28.7 Å². The van der Waals surface area contributed by atoms with E-state index in [4.69, 9.17) is 15.2 Å². The second-order valence-corrected chi connectivity index (χ2v) is 4.94. The van der Waals surface area contributed by atoms with Gasteiger partial charge in [0, 0.05) is 18.6 Å². The topological polar surface area (TPSA) is 125 Å². The van der Waals surface area contributed by atoms with E-state index >= 15 is 0 Å². The molecule has 1 atom stereocenters. The molecule has 8 heteroatoms. The van der Waals surface area contributed by atoms with Crippen molar-refractivity contribution in [3.05, 3.63) is 42.0 Å². The van der Waals surface area contributed by atoms with Gasteiger partial charge >= 0.3 is 11.9 Å². The average molecular weight is 348 g/mol. The molecular formula is C17H20N2O6. The van der Waals surface area contributed by atoms with Gasteiger partial charge in [0.15, 0.2) is 0 Å². The van der Waals surface area contributed by atoms with Crippen LogP contribution in [0.2, 0.25) is 0 Å². The number of primary amides is 1. The molecule has 2 amide bonds. The van der Waals surface area contributed by atoms with Crippen LogP contribution in [0.5, 0.6) is 5.75 Å². The van der Waals surface area contributed by atoms with E-state index in [1.54, 1.807) is 6.92 Å². The number of benzene rings is 1. The first-order chi connectivity index (χ1) is 11.8. The molecule has 0 saturated heterocycles. The second kappa shape index (κ2) is 9.86. The third-order valence-corrected chi connectivity index (χ3v) is 2.94. The molecule has 25 heavy (non-hydrogen) atoms. The number of nitrogens with two attached hydrogens (primary N) is 1. The maximum atomic E-state index is 12.2. The maximum absolute atomic E-state index is 12.2. The third-order valence-electron chi connectivity index (χ3n) is 2.94. The molecule has 0 fully saturated rings. The normalized spacial score (nSPS) is 11.6. The van der Waals surface area contributed by atoms with Crippen LogP contribution in [-0.4, -0.2) is 36.4 Å². The third kappa shape index (κ3) is 7.30. The highest BCUT2D eigenvalue weighted by Crippen LogP contribution is 2.12. The van der Waals surface area contributed by atoms with Crippen LogP contribution in [0.1, 0.15) is 30.6 Å². The minimum absolute atomic E-state index is 0.0470. The largest absolute Gasteiger partial charge is 0.463 e. The zero-order valence-corrected chi connectivity index (χ0v) is 14.0. The highest BCUT2D eigenvalue weighted by Gasteiger charge is 2.18. The summed E-state index contributed by atoms with van der Waals surface area (Å²) in [6, 6.07) is 4.82. The summed E-state index contributed by atoms with van der Waals surface area (Å²) >= 11 is 0. The smallest absolute Gasteiger partial charge is 0.330 e. The van der Waals surface area contributed by atoms with Crippen molar-refractivity contribution in [2.75, 3.05) is 6.61 Å². The van der Waals surface area contributed by atoms with Crippen LogP contribution < -0.4 is 15.8 Å². The number of hydrogen-bond acceptors (Lipinski definition) is 6. The zero-order chi connectivity index (χ0) is 18.8. The molecule has 0 heterocycles. The minimum Gasteiger partial charge on any atom is -0.463 e. The molecule has 0 aliphatic rings. The molecule has 0 saturated carbocycles. The van der Waals surface area contributed by atoms with Gasteiger partial charge in [0.2, 0.25) is 5.91 Å². The second-order valence-electron chi connectivity index (χ2n) is 4.94. The highest BCUT2D eigenvalue weighted by atomic mass is 16.5. The molecule has 0 unspecified atom stereocenters. The Hall–Kier alpha value is -3.16. The predicted octanol–water partition coefficient (Wildman–Crippen LogP) is 0.705. The van der Waals surface area contributed by atoms with Gasteiger partial charge in [0.05, 0.1) is 6.61 Å². The van der Waals surface area contributed by atoms with Crippen LogP contribution in [0.3, 0.4) is 0 Å². The Labute approximate surface area is 145 Å². The van der Waals surface area contributed by atoms with E-state index in [0.717, 1.165) is 0 Å². The maximum Gasteiger partial charge on any atom is 0.330 e. The molecule has 1 aromatic rings. The number of nitrogens with one attached hydrogen (secondary N) is 1. The Morgan fingerprint density at radius 2 is 1.84 bits per heavy atom. The molecule has 0 aliphatic heterocycles. The van der Waals surface area contributed by atoms with Gasteiger partial charge in [0.1, 0.15) is 11.8 Å². The number of esters is 2. The van der Waals surface area contributed by atoms with Gasteiger partial charge < -0.3 is 20.5 Å². The van der Waals surface area contributed by atoms with E-state index < -0.39 is 29.8 Å². The van der Waals surface area contributed by atoms with E-state index in [2.05, 4.69) is 5.32 Å². The molecule has 0 radical (unpaired) electrons. The molecule has 8 nitrogen and oxygen atoms in total. The van der Waals surface area contributed by atoms with E-state index in [0.29, 0.717) is 5.75 Å². The summed E-state index contributed by atoms with van der Waals surface area (Å²) in [7, 11) is 0. The lowest BCUT2D eigenvalue weighted by atomic mass is 10.1. The van der Waals surface area contributed by atoms with Crippen LogP contribution in [0, 0.1) is 0 Å². The predicted molar refractivity (Wildman–Crippen MR) is 88.6 cm³/mol. The summed E-state index contributed by atoms with van der Waals surface area (Å²) < 4.78 is 9.57. The van der Waals surface area contributed by atoms with Gasteiger partial charge in [0.25, 0.3) is 5.91 Å². The Balaban J connectivity index is 2.68. The van der Waals surface area contributed by atoms with Gasteiger partial charge in [-0.3, -0.25) is 14.4 Å². The van der Waals surface area contributed by atoms with Crippen molar-refractivity contribution in [1.82, 2.24) is 5.32 Å². The Morgan fingerprint density at radius 1 is 1.20 bits per heavy atom.